The van der Waals surface area contributed by atoms with Gasteiger partial charge in [0.15, 0.2) is 11.6 Å². The number of anilines is 3. The zero-order valence-electron chi connectivity index (χ0n) is 15.4. The Kier molecular flexibility index (Phi) is 4.93. The van der Waals surface area contributed by atoms with Crippen molar-refractivity contribution in [1.29, 1.82) is 0 Å². The summed E-state index contributed by atoms with van der Waals surface area (Å²) in [5.74, 6) is -1.26. The smallest absolute Gasteiger partial charge is 0.151 e. The lowest BCUT2D eigenvalue weighted by atomic mass is 10.1. The van der Waals surface area contributed by atoms with Crippen LogP contribution in [0.5, 0.6) is 0 Å². The normalized spacial score (nSPS) is 11.0. The lowest BCUT2D eigenvalue weighted by Crippen LogP contribution is -2.08. The third-order valence-corrected chi connectivity index (χ3v) is 4.60. The van der Waals surface area contributed by atoms with Crippen molar-refractivity contribution >= 4 is 28.0 Å². The molecular weight excluding hydrogens is 358 g/mol. The van der Waals surface area contributed by atoms with E-state index in [2.05, 4.69) is 20.6 Å². The van der Waals surface area contributed by atoms with Crippen LogP contribution in [0, 0.1) is 18.6 Å². The molecule has 142 valence electrons. The molecule has 3 N–H and O–H groups in total. The highest BCUT2D eigenvalue weighted by atomic mass is 19.1. The number of hydrogen-bond acceptors (Lipinski definition) is 3. The van der Waals surface area contributed by atoms with Crippen molar-refractivity contribution in [2.75, 3.05) is 17.2 Å². The number of H-pyrrole nitrogens is 1. The number of halogens is 2. The first kappa shape index (κ1) is 18.0. The number of rotatable bonds is 6. The first-order valence-electron chi connectivity index (χ1n) is 9.08. The van der Waals surface area contributed by atoms with Gasteiger partial charge in [0.25, 0.3) is 0 Å². The predicted molar refractivity (Wildman–Crippen MR) is 109 cm³/mol. The molecule has 0 bridgehead atoms. The van der Waals surface area contributed by atoms with Crippen molar-refractivity contribution in [1.82, 2.24) is 9.97 Å². The number of aryl methyl sites for hydroxylation is 1. The number of aromatic nitrogens is 2. The van der Waals surface area contributed by atoms with E-state index in [0.717, 1.165) is 27.8 Å². The number of para-hydroxylation sites is 1. The molecule has 0 aliphatic heterocycles. The quantitative estimate of drug-likeness (QED) is 0.412. The highest BCUT2D eigenvalue weighted by molar-refractivity contribution is 5.83. The van der Waals surface area contributed by atoms with Gasteiger partial charge in [0.05, 0.1) is 0 Å². The molecule has 2 heterocycles. The van der Waals surface area contributed by atoms with Crippen LogP contribution in [0.3, 0.4) is 0 Å². The van der Waals surface area contributed by atoms with Crippen LogP contribution >= 0.6 is 0 Å². The van der Waals surface area contributed by atoms with Crippen LogP contribution in [0.1, 0.15) is 11.3 Å². The second kappa shape index (κ2) is 7.68. The van der Waals surface area contributed by atoms with E-state index in [1.165, 1.54) is 12.1 Å². The molecule has 6 heteroatoms. The maximum Gasteiger partial charge on any atom is 0.151 e. The largest absolute Gasteiger partial charge is 0.380 e. The minimum Gasteiger partial charge on any atom is -0.380 e. The Balaban J connectivity index is 1.45. The molecule has 4 rings (SSSR count). The summed E-state index contributed by atoms with van der Waals surface area (Å²) in [7, 11) is 0. The van der Waals surface area contributed by atoms with E-state index in [1.54, 1.807) is 12.3 Å². The summed E-state index contributed by atoms with van der Waals surface area (Å²) in [6.07, 6.45) is 4.23. The molecule has 0 atom stereocenters. The molecule has 0 aliphatic carbocycles. The molecule has 4 nitrogen and oxygen atoms in total. The molecular formula is C22H20F2N4. The maximum absolute atomic E-state index is 14.5. The van der Waals surface area contributed by atoms with Gasteiger partial charge >= 0.3 is 0 Å². The van der Waals surface area contributed by atoms with Crippen molar-refractivity contribution in [3.63, 3.8) is 0 Å². The topological polar surface area (TPSA) is 52.7 Å². The summed E-state index contributed by atoms with van der Waals surface area (Å²) in [6, 6.07) is 14.1. The van der Waals surface area contributed by atoms with Crippen molar-refractivity contribution in [2.45, 2.75) is 13.3 Å². The van der Waals surface area contributed by atoms with Gasteiger partial charge in [-0.1, -0.05) is 18.2 Å². The molecule has 0 saturated heterocycles. The van der Waals surface area contributed by atoms with Gasteiger partial charge in [0, 0.05) is 46.9 Å². The lowest BCUT2D eigenvalue weighted by molar-refractivity contribution is 0.589. The van der Waals surface area contributed by atoms with Crippen LogP contribution in [-0.2, 0) is 6.42 Å². The molecule has 0 spiro atoms. The van der Waals surface area contributed by atoms with E-state index in [4.69, 9.17) is 0 Å². The molecule has 0 radical (unpaired) electrons. The first-order chi connectivity index (χ1) is 13.6. The van der Waals surface area contributed by atoms with Crippen LogP contribution in [-0.4, -0.2) is 16.5 Å². The summed E-state index contributed by atoms with van der Waals surface area (Å²) < 4.78 is 28.9. The van der Waals surface area contributed by atoms with Gasteiger partial charge in [-0.25, -0.2) is 8.78 Å². The Labute approximate surface area is 161 Å². The Morgan fingerprint density at radius 1 is 1.00 bits per heavy atom. The highest BCUT2D eigenvalue weighted by Crippen LogP contribution is 2.26. The van der Waals surface area contributed by atoms with Gasteiger partial charge in [0.2, 0.25) is 0 Å². The molecule has 2 aromatic heterocycles. The van der Waals surface area contributed by atoms with Gasteiger partial charge in [-0.05, 0) is 49.2 Å². The third-order valence-electron chi connectivity index (χ3n) is 4.60. The van der Waals surface area contributed by atoms with Crippen LogP contribution in [0.15, 0.2) is 60.9 Å². The van der Waals surface area contributed by atoms with Crippen LogP contribution in [0.4, 0.5) is 25.8 Å². The van der Waals surface area contributed by atoms with Gasteiger partial charge in [-0.15, -0.1) is 0 Å². The lowest BCUT2D eigenvalue weighted by Gasteiger charge is -2.12. The Morgan fingerprint density at radius 3 is 2.57 bits per heavy atom. The molecule has 0 fully saturated rings. The monoisotopic (exact) mass is 378 g/mol. The van der Waals surface area contributed by atoms with Gasteiger partial charge in [-0.3, -0.25) is 4.98 Å². The van der Waals surface area contributed by atoms with Crippen LogP contribution in [0.25, 0.3) is 10.9 Å². The number of aromatic amines is 1. The summed E-state index contributed by atoms with van der Waals surface area (Å²) in [6.45, 7) is 2.28. The molecule has 28 heavy (non-hydrogen) atoms. The van der Waals surface area contributed by atoms with E-state index < -0.39 is 11.6 Å². The number of nitrogens with zero attached hydrogens (tertiary/aromatic N) is 1. The number of nitrogens with one attached hydrogen (secondary N) is 3. The van der Waals surface area contributed by atoms with E-state index >= 15 is 0 Å². The zero-order valence-corrected chi connectivity index (χ0v) is 15.4. The van der Waals surface area contributed by atoms with Gasteiger partial charge in [0.1, 0.15) is 5.69 Å². The summed E-state index contributed by atoms with van der Waals surface area (Å²) >= 11 is 0. The molecule has 4 aromatic rings. The number of fused-ring (bicyclic) bond motifs is 1. The average molecular weight is 378 g/mol. The SMILES string of the molecule is Cc1cc(Nc2cc(F)c(NCCc3c[nH]c4ccccc34)c(F)c2)ccn1. The second-order valence-electron chi connectivity index (χ2n) is 6.66. The number of hydrogen-bond donors (Lipinski definition) is 3. The molecule has 0 unspecified atom stereocenters. The van der Waals surface area contributed by atoms with Gasteiger partial charge < -0.3 is 15.6 Å². The fraction of sp³-hybridized carbons (Fsp3) is 0.136. The summed E-state index contributed by atoms with van der Waals surface area (Å²) in [5, 5.41) is 7.01. The maximum atomic E-state index is 14.5. The minimum atomic E-state index is -0.632. The van der Waals surface area contributed by atoms with Gasteiger partial charge in [-0.2, -0.15) is 0 Å². The molecule has 0 saturated carbocycles. The highest BCUT2D eigenvalue weighted by Gasteiger charge is 2.12. The third kappa shape index (κ3) is 3.81. The van der Waals surface area contributed by atoms with Crippen molar-refractivity contribution in [3.8, 4) is 0 Å². The fourth-order valence-corrected chi connectivity index (χ4v) is 3.26. The van der Waals surface area contributed by atoms with Crippen LogP contribution < -0.4 is 10.6 Å². The van der Waals surface area contributed by atoms with E-state index in [1.807, 2.05) is 43.5 Å². The summed E-state index contributed by atoms with van der Waals surface area (Å²) in [5.41, 5.74) is 3.94. The zero-order chi connectivity index (χ0) is 19.5. The first-order valence-corrected chi connectivity index (χ1v) is 9.08. The Hall–Kier alpha value is -3.41. The van der Waals surface area contributed by atoms with E-state index in [-0.39, 0.29) is 5.69 Å². The Bertz CT molecular complexity index is 1100. The number of pyridine rings is 1. The van der Waals surface area contributed by atoms with E-state index in [0.29, 0.717) is 18.7 Å². The predicted octanol–water partition coefficient (Wildman–Crippen LogP) is 5.55. The standard InChI is InChI=1S/C22H20F2N4/c1-14-10-16(7-9-25-14)28-17-11-19(23)22(20(24)12-17)26-8-6-15-13-27-21-5-3-2-4-18(15)21/h2-5,7,9-13,26-27H,6,8H2,1H3,(H,25,28). The molecule has 0 amide bonds. The average Bonchev–Trinajstić information content (AvgIpc) is 3.07. The van der Waals surface area contributed by atoms with Crippen molar-refractivity contribution in [2.24, 2.45) is 0 Å². The van der Waals surface area contributed by atoms with Crippen molar-refractivity contribution in [3.05, 3.63) is 83.8 Å². The second-order valence-corrected chi connectivity index (χ2v) is 6.66. The summed E-state index contributed by atoms with van der Waals surface area (Å²) in [4.78, 5) is 7.31. The van der Waals surface area contributed by atoms with Crippen LogP contribution in [0.2, 0.25) is 0 Å². The van der Waals surface area contributed by atoms with E-state index in [9.17, 15) is 8.78 Å². The minimum absolute atomic E-state index is 0.115. The van der Waals surface area contributed by atoms with Crippen molar-refractivity contribution < 1.29 is 8.78 Å². The Morgan fingerprint density at radius 2 is 1.79 bits per heavy atom. The molecule has 2 aromatic carbocycles. The number of benzene rings is 2. The fourth-order valence-electron chi connectivity index (χ4n) is 3.26. The molecule has 0 aliphatic rings.